The number of hydrogen-bond donors (Lipinski definition) is 2. The van der Waals surface area contributed by atoms with Gasteiger partial charge in [0.15, 0.2) is 0 Å². The van der Waals surface area contributed by atoms with Gasteiger partial charge >= 0.3 is 6.09 Å². The lowest BCUT2D eigenvalue weighted by Gasteiger charge is -2.23. The predicted molar refractivity (Wildman–Crippen MR) is 130 cm³/mol. The molecule has 2 atom stereocenters. The van der Waals surface area contributed by atoms with Crippen LogP contribution in [0.5, 0.6) is 0 Å². The Morgan fingerprint density at radius 1 is 1.03 bits per heavy atom. The second-order valence-corrected chi connectivity index (χ2v) is 10.1. The van der Waals surface area contributed by atoms with Crippen molar-refractivity contribution in [1.82, 2.24) is 9.97 Å². The summed E-state index contributed by atoms with van der Waals surface area (Å²) in [5, 5.41) is 3.23. The minimum Gasteiger partial charge on any atom is -0.447 e. The Balaban J connectivity index is 1.45. The Labute approximate surface area is 199 Å². The smallest absolute Gasteiger partial charge is 0.415 e. The normalized spacial score (nSPS) is 16.9. The molecule has 178 valence electrons. The van der Waals surface area contributed by atoms with E-state index in [9.17, 15) is 13.2 Å². The molecule has 1 fully saturated rings. The van der Waals surface area contributed by atoms with Crippen LogP contribution in [-0.4, -0.2) is 37.1 Å². The third kappa shape index (κ3) is 5.12. The molecule has 1 aliphatic rings. The Morgan fingerprint density at radius 2 is 1.74 bits per heavy atom. The molecule has 0 aliphatic carbocycles. The number of aromatic nitrogens is 2. The molecule has 4 rings (SSSR count). The number of amides is 1. The highest BCUT2D eigenvalue weighted by atomic mass is 32.2. The van der Waals surface area contributed by atoms with Gasteiger partial charge in [0, 0.05) is 11.9 Å². The molecule has 0 spiro atoms. The molecule has 1 aromatic heterocycles. The van der Waals surface area contributed by atoms with Crippen LogP contribution in [0.1, 0.15) is 32.4 Å². The van der Waals surface area contributed by atoms with Crippen molar-refractivity contribution in [3.8, 4) is 0 Å². The van der Waals surface area contributed by atoms with Crippen molar-refractivity contribution in [1.29, 1.82) is 0 Å². The molecule has 1 amide bonds. The molecule has 10 heteroatoms. The fourth-order valence-electron chi connectivity index (χ4n) is 3.67. The van der Waals surface area contributed by atoms with E-state index < -0.39 is 16.1 Å². The molecule has 34 heavy (non-hydrogen) atoms. The standard InChI is InChI=1S/C24H27N5O4S/c1-16(2)21-15-33-24(30)29(21)22-13-14-25-23(27-22)26-17(3)18-9-11-19(12-10-18)28-34(31,32)20-7-5-4-6-8-20/h4-14,16-17,21,28H,15H2,1-3H3,(H,25,26,27)/t17-,21?/m0/s1. The van der Waals surface area contributed by atoms with E-state index in [0.717, 1.165) is 5.56 Å². The number of nitrogens with zero attached hydrogens (tertiary/aromatic N) is 3. The molecule has 3 aromatic rings. The fourth-order valence-corrected chi connectivity index (χ4v) is 4.75. The van der Waals surface area contributed by atoms with Gasteiger partial charge in [0.2, 0.25) is 5.95 Å². The van der Waals surface area contributed by atoms with Crippen molar-refractivity contribution in [2.75, 3.05) is 21.5 Å². The summed E-state index contributed by atoms with van der Waals surface area (Å²) in [4.78, 5) is 22.8. The largest absolute Gasteiger partial charge is 0.447 e. The zero-order chi connectivity index (χ0) is 24.3. The number of carbonyl (C=O) groups is 1. The molecular formula is C24H27N5O4S. The zero-order valence-electron chi connectivity index (χ0n) is 19.2. The third-order valence-corrected chi connectivity index (χ3v) is 7.02. The van der Waals surface area contributed by atoms with E-state index in [2.05, 4.69) is 20.0 Å². The molecule has 2 aromatic carbocycles. The number of hydrogen-bond acceptors (Lipinski definition) is 7. The molecule has 1 unspecified atom stereocenters. The number of cyclic esters (lactones) is 1. The summed E-state index contributed by atoms with van der Waals surface area (Å²) in [5.41, 5.74) is 1.38. The first-order valence-corrected chi connectivity index (χ1v) is 12.5. The average molecular weight is 482 g/mol. The molecule has 0 saturated carbocycles. The summed E-state index contributed by atoms with van der Waals surface area (Å²) in [7, 11) is -3.65. The summed E-state index contributed by atoms with van der Waals surface area (Å²) in [6, 6.07) is 16.7. The van der Waals surface area contributed by atoms with Crippen molar-refractivity contribution in [2.24, 2.45) is 5.92 Å². The Hall–Kier alpha value is -3.66. The van der Waals surface area contributed by atoms with E-state index in [1.54, 1.807) is 59.6 Å². The number of sulfonamides is 1. The molecule has 1 aliphatic heterocycles. The molecule has 0 radical (unpaired) electrons. The first-order chi connectivity index (χ1) is 16.2. The van der Waals surface area contributed by atoms with Gasteiger partial charge in [-0.05, 0) is 48.7 Å². The second kappa shape index (κ2) is 9.68. The maximum Gasteiger partial charge on any atom is 0.415 e. The monoisotopic (exact) mass is 481 g/mol. The lowest BCUT2D eigenvalue weighted by Crippen LogP contribution is -2.37. The van der Waals surface area contributed by atoms with Gasteiger partial charge < -0.3 is 10.1 Å². The number of nitrogens with one attached hydrogen (secondary N) is 2. The van der Waals surface area contributed by atoms with E-state index in [1.807, 2.05) is 32.9 Å². The minimum atomic E-state index is -3.65. The van der Waals surface area contributed by atoms with Gasteiger partial charge in [-0.3, -0.25) is 9.62 Å². The zero-order valence-corrected chi connectivity index (χ0v) is 20.0. The Morgan fingerprint density at radius 3 is 2.41 bits per heavy atom. The minimum absolute atomic E-state index is 0.0834. The van der Waals surface area contributed by atoms with E-state index in [-0.39, 0.29) is 22.9 Å². The maximum absolute atomic E-state index is 12.5. The van der Waals surface area contributed by atoms with Crippen molar-refractivity contribution >= 4 is 33.6 Å². The van der Waals surface area contributed by atoms with Crippen molar-refractivity contribution < 1.29 is 17.9 Å². The summed E-state index contributed by atoms with van der Waals surface area (Å²) in [6.07, 6.45) is 1.19. The third-order valence-electron chi connectivity index (χ3n) is 5.63. The van der Waals surface area contributed by atoms with Gasteiger partial charge in [0.1, 0.15) is 12.4 Å². The average Bonchev–Trinajstić information content (AvgIpc) is 3.22. The lowest BCUT2D eigenvalue weighted by molar-refractivity contribution is 0.177. The number of carbonyl (C=O) groups excluding carboxylic acids is 1. The summed E-state index contributed by atoms with van der Waals surface area (Å²) >= 11 is 0. The summed E-state index contributed by atoms with van der Waals surface area (Å²) in [6.45, 7) is 6.34. The van der Waals surface area contributed by atoms with Crippen LogP contribution in [0.4, 0.5) is 22.2 Å². The van der Waals surface area contributed by atoms with Crippen LogP contribution in [0.2, 0.25) is 0 Å². The summed E-state index contributed by atoms with van der Waals surface area (Å²) in [5.74, 6) is 1.08. The molecule has 0 bridgehead atoms. The van der Waals surface area contributed by atoms with E-state index in [0.29, 0.717) is 24.1 Å². The van der Waals surface area contributed by atoms with Gasteiger partial charge in [0.05, 0.1) is 17.0 Å². The molecule has 2 N–H and O–H groups in total. The highest BCUT2D eigenvalue weighted by Gasteiger charge is 2.37. The second-order valence-electron chi connectivity index (χ2n) is 8.40. The van der Waals surface area contributed by atoms with Gasteiger partial charge in [0.25, 0.3) is 10.0 Å². The van der Waals surface area contributed by atoms with Crippen LogP contribution in [0.25, 0.3) is 0 Å². The van der Waals surface area contributed by atoms with Crippen LogP contribution in [0.15, 0.2) is 71.8 Å². The SMILES string of the molecule is CC(C)C1COC(=O)N1c1ccnc(N[C@@H](C)c2ccc(NS(=O)(=O)c3ccccc3)cc2)n1. The van der Waals surface area contributed by atoms with Crippen molar-refractivity contribution in [2.45, 2.75) is 37.8 Å². The first-order valence-electron chi connectivity index (χ1n) is 11.0. The predicted octanol–water partition coefficient (Wildman–Crippen LogP) is 4.43. The van der Waals surface area contributed by atoms with E-state index >= 15 is 0 Å². The first kappa shape index (κ1) is 23.5. The van der Waals surface area contributed by atoms with Crippen molar-refractivity contribution in [3.05, 3.63) is 72.4 Å². The number of rotatable bonds is 8. The van der Waals surface area contributed by atoms with Crippen LogP contribution < -0.4 is 14.9 Å². The van der Waals surface area contributed by atoms with Gasteiger partial charge in [-0.25, -0.2) is 18.2 Å². The number of benzene rings is 2. The highest BCUT2D eigenvalue weighted by molar-refractivity contribution is 7.92. The lowest BCUT2D eigenvalue weighted by atomic mass is 10.0. The number of anilines is 3. The topological polar surface area (TPSA) is 114 Å². The highest BCUT2D eigenvalue weighted by Crippen LogP contribution is 2.27. The van der Waals surface area contributed by atoms with E-state index in [4.69, 9.17) is 4.74 Å². The Bertz CT molecular complexity index is 1250. The molecule has 9 nitrogen and oxygen atoms in total. The molecule has 2 heterocycles. The quantitative estimate of drug-likeness (QED) is 0.489. The number of ether oxygens (including phenoxy) is 1. The van der Waals surface area contributed by atoms with Gasteiger partial charge in [-0.1, -0.05) is 44.2 Å². The maximum atomic E-state index is 12.5. The van der Waals surface area contributed by atoms with E-state index in [1.165, 1.54) is 0 Å². The molecular weight excluding hydrogens is 454 g/mol. The Kier molecular flexibility index (Phi) is 6.69. The summed E-state index contributed by atoms with van der Waals surface area (Å²) < 4.78 is 32.8. The van der Waals surface area contributed by atoms with Crippen LogP contribution in [0.3, 0.4) is 0 Å². The van der Waals surface area contributed by atoms with Crippen LogP contribution >= 0.6 is 0 Å². The van der Waals surface area contributed by atoms with Crippen LogP contribution in [0, 0.1) is 5.92 Å². The van der Waals surface area contributed by atoms with Gasteiger partial charge in [-0.15, -0.1) is 0 Å². The van der Waals surface area contributed by atoms with Crippen LogP contribution in [-0.2, 0) is 14.8 Å². The fraction of sp³-hybridized carbons (Fsp3) is 0.292. The van der Waals surface area contributed by atoms with Gasteiger partial charge in [-0.2, -0.15) is 4.98 Å². The van der Waals surface area contributed by atoms with Crippen molar-refractivity contribution in [3.63, 3.8) is 0 Å². The molecule has 1 saturated heterocycles.